The zero-order valence-corrected chi connectivity index (χ0v) is 9.98. The summed E-state index contributed by atoms with van der Waals surface area (Å²) < 4.78 is 6.23. The van der Waals surface area contributed by atoms with Crippen LogP contribution in [-0.4, -0.2) is 12.1 Å². The van der Waals surface area contributed by atoms with Crippen LogP contribution in [0.4, 0.5) is 0 Å². The molecule has 0 radical (unpaired) electrons. The lowest BCUT2D eigenvalue weighted by molar-refractivity contribution is 0.412. The molecule has 0 amide bonds. The van der Waals surface area contributed by atoms with Crippen molar-refractivity contribution >= 4 is 23.1 Å². The minimum absolute atomic E-state index is 0.727. The maximum Gasteiger partial charge on any atom is 0.273 e. The first-order valence-electron chi connectivity index (χ1n) is 4.55. The highest BCUT2D eigenvalue weighted by molar-refractivity contribution is 8.00. The number of nitrogens with zero attached hydrogens (tertiary/aromatic N) is 1. The summed E-state index contributed by atoms with van der Waals surface area (Å²) in [7, 11) is 1.64. The summed E-state index contributed by atoms with van der Waals surface area (Å²) in [5.74, 6) is 0.978. The molecule has 0 aliphatic rings. The fourth-order valence-electron chi connectivity index (χ4n) is 1.13. The Morgan fingerprint density at radius 3 is 2.80 bits per heavy atom. The summed E-state index contributed by atoms with van der Waals surface area (Å²) in [6.07, 6.45) is 1.86. The van der Waals surface area contributed by atoms with E-state index in [1.54, 1.807) is 30.2 Å². The third kappa shape index (κ3) is 2.97. The van der Waals surface area contributed by atoms with Crippen molar-refractivity contribution in [3.8, 4) is 5.19 Å². The average molecular weight is 237 g/mol. The molecule has 1 aromatic carbocycles. The van der Waals surface area contributed by atoms with Crippen molar-refractivity contribution in [3.63, 3.8) is 0 Å². The van der Waals surface area contributed by atoms with Crippen molar-refractivity contribution in [1.82, 2.24) is 4.98 Å². The molecule has 0 spiro atoms. The number of hydrogen-bond donors (Lipinski definition) is 0. The minimum Gasteiger partial charge on any atom is -0.473 e. The van der Waals surface area contributed by atoms with Crippen LogP contribution in [0, 0.1) is 0 Å². The van der Waals surface area contributed by atoms with E-state index in [0.29, 0.717) is 0 Å². The highest BCUT2D eigenvalue weighted by atomic mass is 32.2. The molecule has 15 heavy (non-hydrogen) atoms. The maximum atomic E-state index is 5.04. The molecule has 2 aromatic rings. The van der Waals surface area contributed by atoms with Crippen LogP contribution < -0.4 is 4.74 Å². The van der Waals surface area contributed by atoms with E-state index in [2.05, 4.69) is 29.2 Å². The second-order valence-corrected chi connectivity index (χ2v) is 5.19. The van der Waals surface area contributed by atoms with Crippen LogP contribution in [0.5, 0.6) is 5.19 Å². The van der Waals surface area contributed by atoms with Crippen molar-refractivity contribution < 1.29 is 4.74 Å². The van der Waals surface area contributed by atoms with Gasteiger partial charge in [0.1, 0.15) is 0 Å². The molecule has 0 aliphatic heterocycles. The fraction of sp³-hybridized carbons (Fsp3) is 0.182. The summed E-state index contributed by atoms with van der Waals surface area (Å²) in [5.41, 5.74) is 1.33. The number of thioether (sulfide) groups is 1. The Morgan fingerprint density at radius 2 is 2.13 bits per heavy atom. The number of thiazole rings is 1. The Labute approximate surface area is 97.3 Å². The SMILES string of the molecule is COc1ncc(SCc2ccccc2)s1. The molecule has 1 aromatic heterocycles. The van der Waals surface area contributed by atoms with Gasteiger partial charge in [-0.25, -0.2) is 4.98 Å². The largest absolute Gasteiger partial charge is 0.473 e. The lowest BCUT2D eigenvalue weighted by Crippen LogP contribution is -1.77. The lowest BCUT2D eigenvalue weighted by atomic mass is 10.2. The molecule has 1 heterocycles. The smallest absolute Gasteiger partial charge is 0.273 e. The third-order valence-electron chi connectivity index (χ3n) is 1.86. The zero-order valence-electron chi connectivity index (χ0n) is 8.34. The van der Waals surface area contributed by atoms with Crippen LogP contribution in [0.2, 0.25) is 0 Å². The Hall–Kier alpha value is -1.00. The van der Waals surface area contributed by atoms with Gasteiger partial charge in [0, 0.05) is 5.75 Å². The first kappa shape index (κ1) is 10.5. The molecule has 0 bridgehead atoms. The molecule has 0 fully saturated rings. The van der Waals surface area contributed by atoms with Gasteiger partial charge in [0.05, 0.1) is 17.5 Å². The lowest BCUT2D eigenvalue weighted by Gasteiger charge is -1.97. The molecular formula is C11H11NOS2. The summed E-state index contributed by atoms with van der Waals surface area (Å²) in [6.45, 7) is 0. The first-order chi connectivity index (χ1) is 7.38. The molecule has 2 nitrogen and oxygen atoms in total. The van der Waals surface area contributed by atoms with E-state index in [0.717, 1.165) is 10.9 Å². The number of hydrogen-bond acceptors (Lipinski definition) is 4. The van der Waals surface area contributed by atoms with E-state index < -0.39 is 0 Å². The van der Waals surface area contributed by atoms with E-state index in [9.17, 15) is 0 Å². The second-order valence-electron chi connectivity index (χ2n) is 2.92. The molecule has 0 atom stereocenters. The number of aromatic nitrogens is 1. The van der Waals surface area contributed by atoms with Gasteiger partial charge in [-0.05, 0) is 5.56 Å². The summed E-state index contributed by atoms with van der Waals surface area (Å²) in [5, 5.41) is 0.727. The van der Waals surface area contributed by atoms with Crippen molar-refractivity contribution in [2.24, 2.45) is 0 Å². The number of ether oxygens (including phenoxy) is 1. The number of methoxy groups -OCH3 is 1. The molecule has 0 unspecified atom stereocenters. The van der Waals surface area contributed by atoms with Crippen molar-refractivity contribution in [2.45, 2.75) is 9.96 Å². The van der Waals surface area contributed by atoms with Crippen LogP contribution in [0.25, 0.3) is 0 Å². The van der Waals surface area contributed by atoms with Crippen LogP contribution in [0.3, 0.4) is 0 Å². The van der Waals surface area contributed by atoms with Crippen LogP contribution in [0.1, 0.15) is 5.56 Å². The molecular weight excluding hydrogens is 226 g/mol. The summed E-state index contributed by atoms with van der Waals surface area (Å²) in [6, 6.07) is 10.4. The average Bonchev–Trinajstić information content (AvgIpc) is 2.76. The Balaban J connectivity index is 1.93. The van der Waals surface area contributed by atoms with Gasteiger partial charge in [-0.2, -0.15) is 0 Å². The van der Waals surface area contributed by atoms with Crippen LogP contribution >= 0.6 is 23.1 Å². The van der Waals surface area contributed by atoms with Crippen molar-refractivity contribution in [2.75, 3.05) is 7.11 Å². The van der Waals surface area contributed by atoms with Crippen molar-refractivity contribution in [1.29, 1.82) is 0 Å². The highest BCUT2D eigenvalue weighted by Gasteiger charge is 2.02. The fourth-order valence-corrected chi connectivity index (χ4v) is 2.86. The zero-order chi connectivity index (χ0) is 10.5. The van der Waals surface area contributed by atoms with Gasteiger partial charge >= 0.3 is 0 Å². The van der Waals surface area contributed by atoms with Crippen LogP contribution in [-0.2, 0) is 5.75 Å². The Bertz CT molecular complexity index is 414. The van der Waals surface area contributed by atoms with Gasteiger partial charge in [0.15, 0.2) is 0 Å². The molecule has 0 N–H and O–H groups in total. The van der Waals surface area contributed by atoms with Gasteiger partial charge in [-0.1, -0.05) is 41.7 Å². The van der Waals surface area contributed by atoms with Gasteiger partial charge < -0.3 is 4.74 Å². The summed E-state index contributed by atoms with van der Waals surface area (Å²) in [4.78, 5) is 4.12. The second kappa shape index (κ2) is 5.19. The maximum absolute atomic E-state index is 5.04. The normalized spacial score (nSPS) is 10.2. The summed E-state index contributed by atoms with van der Waals surface area (Å²) >= 11 is 3.37. The van der Waals surface area contributed by atoms with Crippen LogP contribution in [0.15, 0.2) is 40.7 Å². The monoisotopic (exact) mass is 237 g/mol. The van der Waals surface area contributed by atoms with E-state index in [4.69, 9.17) is 4.74 Å². The highest BCUT2D eigenvalue weighted by Crippen LogP contribution is 2.31. The number of rotatable bonds is 4. The predicted octanol–water partition coefficient (Wildman–Crippen LogP) is 3.44. The van der Waals surface area contributed by atoms with E-state index >= 15 is 0 Å². The molecule has 0 aliphatic carbocycles. The topological polar surface area (TPSA) is 22.1 Å². The van der Waals surface area contributed by atoms with E-state index in [1.165, 1.54) is 9.77 Å². The first-order valence-corrected chi connectivity index (χ1v) is 6.35. The van der Waals surface area contributed by atoms with Gasteiger partial charge in [0.25, 0.3) is 5.19 Å². The number of benzene rings is 1. The quantitative estimate of drug-likeness (QED) is 0.760. The Kier molecular flexibility index (Phi) is 3.64. The van der Waals surface area contributed by atoms with Gasteiger partial charge in [-0.15, -0.1) is 11.8 Å². The van der Waals surface area contributed by atoms with Crippen molar-refractivity contribution in [3.05, 3.63) is 42.1 Å². The molecule has 4 heteroatoms. The molecule has 78 valence electrons. The standard InChI is InChI=1S/C11H11NOS2/c1-13-11-12-7-10(15-11)14-8-9-5-3-2-4-6-9/h2-7H,8H2,1H3. The van der Waals surface area contributed by atoms with Gasteiger partial charge in [0.2, 0.25) is 0 Å². The Morgan fingerprint density at radius 1 is 1.33 bits per heavy atom. The third-order valence-corrected chi connectivity index (χ3v) is 4.09. The molecule has 0 saturated heterocycles. The van der Waals surface area contributed by atoms with E-state index in [-0.39, 0.29) is 0 Å². The van der Waals surface area contributed by atoms with E-state index in [1.807, 2.05) is 12.3 Å². The minimum atomic E-state index is 0.727. The molecule has 0 saturated carbocycles. The molecule has 2 rings (SSSR count). The van der Waals surface area contributed by atoms with Gasteiger partial charge in [-0.3, -0.25) is 0 Å². The predicted molar refractivity (Wildman–Crippen MR) is 64.7 cm³/mol.